The van der Waals surface area contributed by atoms with Crippen LogP contribution in [0.5, 0.6) is 0 Å². The van der Waals surface area contributed by atoms with Gasteiger partial charge in [-0.2, -0.15) is 0 Å². The Morgan fingerprint density at radius 3 is 2.77 bits per heavy atom. The molecular formula is C20H20Cl2N4O2S2. The molecule has 0 N–H and O–H groups in total. The van der Waals surface area contributed by atoms with Crippen molar-refractivity contribution >= 4 is 57.2 Å². The minimum atomic E-state index is -0.254. The largest absolute Gasteiger partial charge is 0.339 e. The fourth-order valence-electron chi connectivity index (χ4n) is 3.39. The molecule has 6 nitrogen and oxygen atoms in total. The second-order valence-corrected chi connectivity index (χ2v) is 10.2. The lowest BCUT2D eigenvalue weighted by atomic mass is 10.2. The number of thiazole rings is 1. The molecule has 3 aromatic rings. The Balaban J connectivity index is 1.33. The van der Waals surface area contributed by atoms with Crippen LogP contribution in [0.3, 0.4) is 0 Å². The number of amides is 1. The third-order valence-electron chi connectivity index (χ3n) is 4.97. The van der Waals surface area contributed by atoms with Crippen LogP contribution in [0.25, 0.3) is 4.96 Å². The maximum atomic E-state index is 12.9. The van der Waals surface area contributed by atoms with Crippen molar-refractivity contribution in [2.45, 2.75) is 23.6 Å². The lowest BCUT2D eigenvalue weighted by Crippen LogP contribution is -2.50. The average Bonchev–Trinajstić information content (AvgIpc) is 3.20. The van der Waals surface area contributed by atoms with E-state index >= 15 is 0 Å². The lowest BCUT2D eigenvalue weighted by Gasteiger charge is -2.35. The first kappa shape index (κ1) is 21.6. The molecule has 0 bridgehead atoms. The summed E-state index contributed by atoms with van der Waals surface area (Å²) in [6, 6.07) is 6.86. The highest BCUT2D eigenvalue weighted by molar-refractivity contribution is 8.00. The topological polar surface area (TPSA) is 57.9 Å². The third kappa shape index (κ3) is 4.84. The van der Waals surface area contributed by atoms with Gasteiger partial charge in [-0.1, -0.05) is 23.2 Å². The molecule has 1 aromatic carbocycles. The standard InChI is InChI=1S/C20H20Cl2N4O2S2/c1-13(30-17-10-14(21)2-3-16(17)22)19(28)25-6-4-24(5-7-25)12-15-11-18(27)26-8-9-29-20(26)23-15/h2-3,8-11,13H,4-7,12H2,1H3. The van der Waals surface area contributed by atoms with Crippen LogP contribution in [0.4, 0.5) is 0 Å². The zero-order valence-corrected chi connectivity index (χ0v) is 19.4. The van der Waals surface area contributed by atoms with Gasteiger partial charge in [0.05, 0.1) is 16.0 Å². The van der Waals surface area contributed by atoms with E-state index in [9.17, 15) is 9.59 Å². The molecule has 10 heteroatoms. The van der Waals surface area contributed by atoms with Gasteiger partial charge in [0.2, 0.25) is 5.91 Å². The van der Waals surface area contributed by atoms with Crippen molar-refractivity contribution in [3.63, 3.8) is 0 Å². The van der Waals surface area contributed by atoms with Gasteiger partial charge in [0.1, 0.15) is 0 Å². The van der Waals surface area contributed by atoms with Gasteiger partial charge in [-0.25, -0.2) is 4.98 Å². The summed E-state index contributed by atoms with van der Waals surface area (Å²) in [5, 5.41) is 2.80. The molecule has 1 aliphatic rings. The summed E-state index contributed by atoms with van der Waals surface area (Å²) < 4.78 is 1.55. The molecule has 2 aromatic heterocycles. The normalized spacial score (nSPS) is 16.2. The van der Waals surface area contributed by atoms with Crippen LogP contribution in [-0.2, 0) is 11.3 Å². The van der Waals surface area contributed by atoms with Crippen molar-refractivity contribution in [1.82, 2.24) is 19.2 Å². The van der Waals surface area contributed by atoms with Crippen molar-refractivity contribution in [2.75, 3.05) is 26.2 Å². The smallest absolute Gasteiger partial charge is 0.258 e. The molecule has 1 fully saturated rings. The van der Waals surface area contributed by atoms with Crippen LogP contribution in [0.15, 0.2) is 45.5 Å². The van der Waals surface area contributed by atoms with E-state index in [1.165, 1.54) is 23.1 Å². The van der Waals surface area contributed by atoms with E-state index in [4.69, 9.17) is 23.2 Å². The number of benzene rings is 1. The van der Waals surface area contributed by atoms with E-state index in [1.54, 1.807) is 34.9 Å². The molecule has 0 saturated carbocycles. The van der Waals surface area contributed by atoms with Crippen molar-refractivity contribution in [3.05, 3.63) is 61.9 Å². The van der Waals surface area contributed by atoms with Gasteiger partial charge in [0.15, 0.2) is 4.96 Å². The van der Waals surface area contributed by atoms with Crippen molar-refractivity contribution < 1.29 is 4.79 Å². The molecule has 0 radical (unpaired) electrons. The second kappa shape index (κ2) is 9.28. The van der Waals surface area contributed by atoms with Crippen LogP contribution in [-0.4, -0.2) is 56.5 Å². The minimum absolute atomic E-state index is 0.0596. The molecule has 1 saturated heterocycles. The minimum Gasteiger partial charge on any atom is -0.339 e. The molecule has 0 spiro atoms. The summed E-state index contributed by atoms with van der Waals surface area (Å²) in [5.74, 6) is 0.0899. The summed E-state index contributed by atoms with van der Waals surface area (Å²) in [6.45, 7) is 5.28. The van der Waals surface area contributed by atoms with Crippen molar-refractivity contribution in [1.29, 1.82) is 0 Å². The van der Waals surface area contributed by atoms with Gasteiger partial charge in [-0.05, 0) is 25.1 Å². The predicted octanol–water partition coefficient (Wildman–Crippen LogP) is 3.89. The van der Waals surface area contributed by atoms with Gasteiger partial charge < -0.3 is 4.90 Å². The second-order valence-electron chi connectivity index (χ2n) is 7.08. The molecule has 30 heavy (non-hydrogen) atoms. The maximum absolute atomic E-state index is 12.9. The van der Waals surface area contributed by atoms with E-state index < -0.39 is 0 Å². The van der Waals surface area contributed by atoms with Crippen LogP contribution in [0, 0.1) is 0 Å². The number of rotatable bonds is 5. The Labute approximate surface area is 192 Å². The number of carbonyl (C=O) groups is 1. The average molecular weight is 483 g/mol. The van der Waals surface area contributed by atoms with Crippen LogP contribution in [0.1, 0.15) is 12.6 Å². The van der Waals surface area contributed by atoms with Gasteiger partial charge in [0, 0.05) is 60.3 Å². The highest BCUT2D eigenvalue weighted by Gasteiger charge is 2.26. The third-order valence-corrected chi connectivity index (χ3v) is 7.55. The zero-order chi connectivity index (χ0) is 21.3. The zero-order valence-electron chi connectivity index (χ0n) is 16.3. The number of carbonyl (C=O) groups excluding carboxylic acids is 1. The number of thioether (sulfide) groups is 1. The SMILES string of the molecule is CC(Sc1cc(Cl)ccc1Cl)C(=O)N1CCN(Cc2cc(=O)n3ccsc3n2)CC1. The summed E-state index contributed by atoms with van der Waals surface area (Å²) in [4.78, 5) is 35.2. The first-order valence-electron chi connectivity index (χ1n) is 9.49. The molecular weight excluding hydrogens is 463 g/mol. The lowest BCUT2D eigenvalue weighted by molar-refractivity contribution is -0.132. The van der Waals surface area contributed by atoms with Crippen molar-refractivity contribution in [2.24, 2.45) is 0 Å². The number of hydrogen-bond acceptors (Lipinski definition) is 6. The molecule has 158 valence electrons. The van der Waals surface area contributed by atoms with E-state index in [0.717, 1.165) is 23.7 Å². The Kier molecular flexibility index (Phi) is 6.69. The van der Waals surface area contributed by atoms with Crippen molar-refractivity contribution in [3.8, 4) is 0 Å². The Hall–Kier alpha value is -1.58. The molecule has 1 amide bonds. The highest BCUT2D eigenvalue weighted by Crippen LogP contribution is 2.33. The summed E-state index contributed by atoms with van der Waals surface area (Å²) in [6.07, 6.45) is 1.74. The first-order valence-corrected chi connectivity index (χ1v) is 12.0. The Morgan fingerprint density at radius 2 is 2.00 bits per heavy atom. The predicted molar refractivity (Wildman–Crippen MR) is 123 cm³/mol. The molecule has 1 aliphatic heterocycles. The van der Waals surface area contributed by atoms with E-state index in [0.29, 0.717) is 34.6 Å². The molecule has 4 rings (SSSR count). The summed E-state index contributed by atoms with van der Waals surface area (Å²) >= 11 is 15.1. The summed E-state index contributed by atoms with van der Waals surface area (Å²) in [5.41, 5.74) is 0.706. The Morgan fingerprint density at radius 1 is 1.23 bits per heavy atom. The number of piperazine rings is 1. The number of halogens is 2. The van der Waals surface area contributed by atoms with E-state index in [1.807, 2.05) is 17.2 Å². The van der Waals surface area contributed by atoms with Gasteiger partial charge in [-0.3, -0.25) is 18.9 Å². The number of hydrogen-bond donors (Lipinski definition) is 0. The fourth-order valence-corrected chi connectivity index (χ4v) is 5.62. The maximum Gasteiger partial charge on any atom is 0.258 e. The van der Waals surface area contributed by atoms with Crippen LogP contribution >= 0.6 is 46.3 Å². The summed E-state index contributed by atoms with van der Waals surface area (Å²) in [7, 11) is 0. The highest BCUT2D eigenvalue weighted by atomic mass is 35.5. The molecule has 1 unspecified atom stereocenters. The number of nitrogens with zero attached hydrogens (tertiary/aromatic N) is 4. The van der Waals surface area contributed by atoms with Gasteiger partial charge in [0.25, 0.3) is 5.56 Å². The van der Waals surface area contributed by atoms with Crippen LogP contribution < -0.4 is 5.56 Å². The molecule has 1 atom stereocenters. The monoisotopic (exact) mass is 482 g/mol. The van der Waals surface area contributed by atoms with Crippen LogP contribution in [0.2, 0.25) is 10.0 Å². The van der Waals surface area contributed by atoms with Gasteiger partial charge >= 0.3 is 0 Å². The first-order chi connectivity index (χ1) is 14.4. The number of fused-ring (bicyclic) bond motifs is 1. The molecule has 3 heterocycles. The quantitative estimate of drug-likeness (QED) is 0.516. The van der Waals surface area contributed by atoms with E-state index in [2.05, 4.69) is 9.88 Å². The Bertz CT molecular complexity index is 1130. The number of aromatic nitrogens is 2. The van der Waals surface area contributed by atoms with Gasteiger partial charge in [-0.15, -0.1) is 23.1 Å². The van der Waals surface area contributed by atoms with E-state index in [-0.39, 0.29) is 16.7 Å². The fraction of sp³-hybridized carbons (Fsp3) is 0.350. The molecule has 0 aliphatic carbocycles.